The van der Waals surface area contributed by atoms with Gasteiger partial charge in [0, 0.05) is 10.6 Å². The number of carbonyl (C=O) groups is 1. The van der Waals surface area contributed by atoms with Crippen LogP contribution in [0.3, 0.4) is 0 Å². The highest BCUT2D eigenvalue weighted by Crippen LogP contribution is 2.39. The van der Waals surface area contributed by atoms with Gasteiger partial charge in [-0.05, 0) is 44.4 Å². The van der Waals surface area contributed by atoms with Crippen LogP contribution in [0.5, 0.6) is 5.75 Å². The van der Waals surface area contributed by atoms with Gasteiger partial charge in [-0.2, -0.15) is 0 Å². The van der Waals surface area contributed by atoms with E-state index in [1.54, 1.807) is 13.8 Å². The lowest BCUT2D eigenvalue weighted by Crippen LogP contribution is -2.18. The van der Waals surface area contributed by atoms with Gasteiger partial charge < -0.3 is 14.6 Å². The fourth-order valence-electron chi connectivity index (χ4n) is 2.04. The van der Waals surface area contributed by atoms with Gasteiger partial charge in [0.05, 0.1) is 13.7 Å². The highest BCUT2D eigenvalue weighted by Gasteiger charge is 2.28. The Hall–Kier alpha value is -1.26. The Morgan fingerprint density at radius 1 is 1.26 bits per heavy atom. The van der Waals surface area contributed by atoms with Crippen LogP contribution in [0.15, 0.2) is 0 Å². The van der Waals surface area contributed by atoms with Crippen molar-refractivity contribution in [3.8, 4) is 5.75 Å². The van der Waals surface area contributed by atoms with Gasteiger partial charge in [-0.15, -0.1) is 0 Å². The quantitative estimate of drug-likeness (QED) is 0.865. The van der Waals surface area contributed by atoms with Gasteiger partial charge >= 0.3 is 5.97 Å². The lowest BCUT2D eigenvalue weighted by atomic mass is 9.95. The molecular weight excluding hydrogens is 268 g/mol. The second kappa shape index (κ2) is 6.26. The van der Waals surface area contributed by atoms with Crippen LogP contribution < -0.4 is 4.74 Å². The molecule has 0 radical (unpaired) electrons. The highest BCUT2D eigenvalue weighted by atomic mass is 35.5. The van der Waals surface area contributed by atoms with Crippen LogP contribution in [-0.4, -0.2) is 24.8 Å². The van der Waals surface area contributed by atoms with Crippen molar-refractivity contribution in [1.29, 1.82) is 0 Å². The summed E-state index contributed by atoms with van der Waals surface area (Å²) >= 11 is 6.22. The van der Waals surface area contributed by atoms with Crippen molar-refractivity contribution in [2.24, 2.45) is 0 Å². The molecule has 0 aromatic heterocycles. The summed E-state index contributed by atoms with van der Waals surface area (Å²) in [5, 5.41) is 10.7. The second-order valence-electron chi connectivity index (χ2n) is 4.29. The van der Waals surface area contributed by atoms with Crippen LogP contribution in [0.25, 0.3) is 0 Å². The number of rotatable bonds is 4. The summed E-state index contributed by atoms with van der Waals surface area (Å²) in [6.45, 7) is 7.33. The van der Waals surface area contributed by atoms with Gasteiger partial charge in [0.2, 0.25) is 0 Å². The minimum Gasteiger partial charge on any atom is -0.496 e. The van der Waals surface area contributed by atoms with Crippen molar-refractivity contribution in [3.05, 3.63) is 27.3 Å². The largest absolute Gasteiger partial charge is 0.496 e. The number of halogens is 1. The number of aliphatic hydroxyl groups is 1. The molecule has 0 aliphatic rings. The van der Waals surface area contributed by atoms with E-state index in [0.29, 0.717) is 21.9 Å². The molecule has 106 valence electrons. The first-order chi connectivity index (χ1) is 8.86. The van der Waals surface area contributed by atoms with Gasteiger partial charge in [0.1, 0.15) is 5.75 Å². The van der Waals surface area contributed by atoms with Gasteiger partial charge in [0.15, 0.2) is 6.10 Å². The number of hydrogen-bond donors (Lipinski definition) is 1. The Morgan fingerprint density at radius 3 is 2.32 bits per heavy atom. The van der Waals surface area contributed by atoms with Crippen LogP contribution in [0.1, 0.15) is 35.3 Å². The average molecular weight is 287 g/mol. The zero-order chi connectivity index (χ0) is 14.7. The summed E-state index contributed by atoms with van der Waals surface area (Å²) in [7, 11) is 1.50. The van der Waals surface area contributed by atoms with E-state index >= 15 is 0 Å². The van der Waals surface area contributed by atoms with E-state index in [9.17, 15) is 9.90 Å². The third-order valence-electron chi connectivity index (χ3n) is 3.20. The number of aliphatic hydroxyl groups excluding tert-OH is 1. The molecule has 0 amide bonds. The number of carbonyl (C=O) groups excluding carboxylic acids is 1. The van der Waals surface area contributed by atoms with Crippen molar-refractivity contribution in [1.82, 2.24) is 0 Å². The highest BCUT2D eigenvalue weighted by molar-refractivity contribution is 6.32. The van der Waals surface area contributed by atoms with Gasteiger partial charge in [-0.3, -0.25) is 0 Å². The van der Waals surface area contributed by atoms with Crippen LogP contribution in [-0.2, 0) is 9.53 Å². The van der Waals surface area contributed by atoms with Crippen molar-refractivity contribution < 1.29 is 19.4 Å². The van der Waals surface area contributed by atoms with Crippen LogP contribution >= 0.6 is 11.6 Å². The number of hydrogen-bond acceptors (Lipinski definition) is 4. The van der Waals surface area contributed by atoms with Crippen molar-refractivity contribution in [2.75, 3.05) is 13.7 Å². The minimum atomic E-state index is -1.40. The fraction of sp³-hybridized carbons (Fsp3) is 0.500. The monoisotopic (exact) mass is 286 g/mol. The van der Waals surface area contributed by atoms with E-state index in [0.717, 1.165) is 11.1 Å². The predicted octanol–water partition coefficient (Wildman–Crippen LogP) is 2.87. The topological polar surface area (TPSA) is 55.8 Å². The summed E-state index contributed by atoms with van der Waals surface area (Å²) < 4.78 is 10.2. The molecule has 1 unspecified atom stereocenters. The maximum atomic E-state index is 11.7. The lowest BCUT2D eigenvalue weighted by molar-refractivity contribution is -0.153. The molecule has 1 rings (SSSR count). The molecule has 1 aromatic carbocycles. The Labute approximate surface area is 118 Å². The molecule has 0 aliphatic carbocycles. The van der Waals surface area contributed by atoms with E-state index in [2.05, 4.69) is 0 Å². The second-order valence-corrected chi connectivity index (χ2v) is 4.67. The minimum absolute atomic E-state index is 0.204. The van der Waals surface area contributed by atoms with Gasteiger partial charge in [0.25, 0.3) is 0 Å². The zero-order valence-electron chi connectivity index (χ0n) is 11.8. The fourth-order valence-corrected chi connectivity index (χ4v) is 2.28. The van der Waals surface area contributed by atoms with E-state index in [-0.39, 0.29) is 6.61 Å². The lowest BCUT2D eigenvalue weighted by Gasteiger charge is -2.21. The smallest absolute Gasteiger partial charge is 0.339 e. The first-order valence-corrected chi connectivity index (χ1v) is 6.42. The molecule has 5 heteroatoms. The summed E-state index contributed by atoms with van der Waals surface area (Å²) in [6, 6.07) is 0. The number of benzene rings is 1. The molecule has 19 heavy (non-hydrogen) atoms. The molecule has 1 N–H and O–H groups in total. The maximum absolute atomic E-state index is 11.7. The molecule has 0 saturated heterocycles. The SMILES string of the molecule is CCOC(=O)C(O)c1c(C)c(Cl)c(C)c(C)c1OC. The van der Waals surface area contributed by atoms with Crippen LogP contribution in [0.4, 0.5) is 0 Å². The van der Waals surface area contributed by atoms with E-state index < -0.39 is 12.1 Å². The Balaban J connectivity index is 3.45. The number of methoxy groups -OCH3 is 1. The van der Waals surface area contributed by atoms with Crippen LogP contribution in [0, 0.1) is 20.8 Å². The third-order valence-corrected chi connectivity index (χ3v) is 3.76. The standard InChI is InChI=1S/C14H19ClO4/c1-6-19-14(17)12(16)10-9(4)11(15)7(2)8(3)13(10)18-5/h12,16H,6H2,1-5H3. The first kappa shape index (κ1) is 15.8. The van der Waals surface area contributed by atoms with Crippen molar-refractivity contribution in [2.45, 2.75) is 33.8 Å². The van der Waals surface area contributed by atoms with E-state index in [1.165, 1.54) is 7.11 Å². The molecule has 4 nitrogen and oxygen atoms in total. The predicted molar refractivity (Wildman–Crippen MR) is 73.8 cm³/mol. The summed E-state index contributed by atoms with van der Waals surface area (Å²) in [6.07, 6.45) is -1.40. The Bertz CT molecular complexity index is 497. The molecule has 0 aliphatic heterocycles. The molecule has 0 fully saturated rings. The number of ether oxygens (including phenoxy) is 2. The zero-order valence-corrected chi connectivity index (χ0v) is 12.6. The molecule has 1 atom stereocenters. The van der Waals surface area contributed by atoms with E-state index in [4.69, 9.17) is 21.1 Å². The molecule has 0 spiro atoms. The van der Waals surface area contributed by atoms with Crippen LogP contribution in [0.2, 0.25) is 5.02 Å². The van der Waals surface area contributed by atoms with E-state index in [1.807, 2.05) is 13.8 Å². The third kappa shape index (κ3) is 2.85. The Kier molecular flexibility index (Phi) is 5.20. The normalized spacial score (nSPS) is 12.2. The van der Waals surface area contributed by atoms with Crippen molar-refractivity contribution in [3.63, 3.8) is 0 Å². The molecule has 0 bridgehead atoms. The van der Waals surface area contributed by atoms with Gasteiger partial charge in [-0.1, -0.05) is 11.6 Å². The molecule has 0 saturated carbocycles. The first-order valence-electron chi connectivity index (χ1n) is 6.04. The molecular formula is C14H19ClO4. The summed E-state index contributed by atoms with van der Waals surface area (Å²) in [5.41, 5.74) is 2.67. The maximum Gasteiger partial charge on any atom is 0.339 e. The van der Waals surface area contributed by atoms with Crippen molar-refractivity contribution >= 4 is 17.6 Å². The molecule has 0 heterocycles. The number of esters is 1. The van der Waals surface area contributed by atoms with Gasteiger partial charge in [-0.25, -0.2) is 4.79 Å². The summed E-state index contributed by atoms with van der Waals surface area (Å²) in [4.78, 5) is 11.7. The Morgan fingerprint density at radius 2 is 1.84 bits per heavy atom. The molecule has 1 aromatic rings. The summed E-state index contributed by atoms with van der Waals surface area (Å²) in [5.74, 6) is -0.233. The average Bonchev–Trinajstić information content (AvgIpc) is 2.39.